The van der Waals surface area contributed by atoms with Gasteiger partial charge in [-0.3, -0.25) is 0 Å². The minimum absolute atomic E-state index is 0.433. The first kappa shape index (κ1) is 11.7. The van der Waals surface area contributed by atoms with Gasteiger partial charge in [0.25, 0.3) is 0 Å². The Labute approximate surface area is 100 Å². The molecule has 2 N–H and O–H groups in total. The van der Waals surface area contributed by atoms with Crippen LogP contribution in [0.2, 0.25) is 0 Å². The highest BCUT2D eigenvalue weighted by Crippen LogP contribution is 2.29. The van der Waals surface area contributed by atoms with Gasteiger partial charge in [0.05, 0.1) is 12.2 Å². The summed E-state index contributed by atoms with van der Waals surface area (Å²) in [6.45, 7) is 3.28. The molecule has 0 fully saturated rings. The molecular weight excluding hydrogens is 216 g/mol. The Hall–Kier alpha value is -1.81. The van der Waals surface area contributed by atoms with Crippen molar-refractivity contribution in [2.24, 2.45) is 0 Å². The Morgan fingerprint density at radius 2 is 2.06 bits per heavy atom. The number of benzene rings is 1. The van der Waals surface area contributed by atoms with Gasteiger partial charge in [0.15, 0.2) is 5.82 Å². The molecule has 17 heavy (non-hydrogen) atoms. The summed E-state index contributed by atoms with van der Waals surface area (Å²) in [6, 6.07) is 9.88. The van der Waals surface area contributed by atoms with Gasteiger partial charge in [-0.05, 0) is 12.5 Å². The molecule has 2 aromatic rings. The maximum Gasteiger partial charge on any atom is 0.175 e. The summed E-state index contributed by atoms with van der Waals surface area (Å²) < 4.78 is 10.6. The minimum atomic E-state index is 0.433. The zero-order valence-electron chi connectivity index (χ0n) is 9.85. The lowest BCUT2D eigenvalue weighted by atomic mass is 10.0. The Balaban J connectivity index is 2.24. The summed E-state index contributed by atoms with van der Waals surface area (Å²) in [5, 5.41) is 3.82. The van der Waals surface area contributed by atoms with Gasteiger partial charge < -0.3 is 15.0 Å². The topological polar surface area (TPSA) is 61.3 Å². The van der Waals surface area contributed by atoms with Crippen molar-refractivity contribution in [1.29, 1.82) is 0 Å². The van der Waals surface area contributed by atoms with Crippen LogP contribution in [-0.2, 0) is 11.2 Å². The predicted molar refractivity (Wildman–Crippen MR) is 66.5 cm³/mol. The summed E-state index contributed by atoms with van der Waals surface area (Å²) in [7, 11) is 0. The molecule has 4 nitrogen and oxygen atoms in total. The van der Waals surface area contributed by atoms with Crippen molar-refractivity contribution in [2.45, 2.75) is 13.3 Å². The molecule has 4 heteroatoms. The minimum Gasteiger partial charge on any atom is -0.381 e. The number of aromatic nitrogens is 1. The number of hydrogen-bond acceptors (Lipinski definition) is 4. The number of ether oxygens (including phenoxy) is 1. The summed E-state index contributed by atoms with van der Waals surface area (Å²) in [6.07, 6.45) is 0.683. The Morgan fingerprint density at radius 3 is 2.76 bits per heavy atom. The largest absolute Gasteiger partial charge is 0.381 e. The zero-order chi connectivity index (χ0) is 12.1. The third kappa shape index (κ3) is 2.65. The molecular formula is C13H16N2O2. The normalized spacial score (nSPS) is 10.6. The first-order valence-electron chi connectivity index (χ1n) is 5.70. The molecule has 0 radical (unpaired) electrons. The molecule has 1 aromatic heterocycles. The summed E-state index contributed by atoms with van der Waals surface area (Å²) in [5.41, 5.74) is 7.74. The second kappa shape index (κ2) is 5.50. The van der Waals surface area contributed by atoms with Crippen molar-refractivity contribution in [3.8, 4) is 11.1 Å². The molecule has 0 amide bonds. The summed E-state index contributed by atoms with van der Waals surface area (Å²) in [4.78, 5) is 0. The molecule has 0 aliphatic carbocycles. The number of nitrogen functional groups attached to an aromatic ring is 1. The highest BCUT2D eigenvalue weighted by molar-refractivity contribution is 5.75. The number of rotatable bonds is 5. The van der Waals surface area contributed by atoms with Crippen LogP contribution >= 0.6 is 0 Å². The van der Waals surface area contributed by atoms with Crippen molar-refractivity contribution in [3.63, 3.8) is 0 Å². The zero-order valence-corrected chi connectivity index (χ0v) is 9.85. The highest BCUT2D eigenvalue weighted by Gasteiger charge is 2.15. The van der Waals surface area contributed by atoms with E-state index in [-0.39, 0.29) is 0 Å². The fraction of sp³-hybridized carbons (Fsp3) is 0.308. The lowest BCUT2D eigenvalue weighted by molar-refractivity contribution is 0.145. The standard InChI is InChI=1S/C13H16N2O2/c1-2-16-9-8-11-12(13(14)15-17-11)10-6-4-3-5-7-10/h3-7H,2,8-9H2,1H3,(H2,14,15). The molecule has 1 heterocycles. The van der Waals surface area contributed by atoms with Gasteiger partial charge in [-0.2, -0.15) is 0 Å². The van der Waals surface area contributed by atoms with Gasteiger partial charge in [-0.1, -0.05) is 35.5 Å². The maximum absolute atomic E-state index is 5.83. The van der Waals surface area contributed by atoms with E-state index in [0.717, 1.165) is 16.9 Å². The predicted octanol–water partition coefficient (Wildman–Crippen LogP) is 2.50. The van der Waals surface area contributed by atoms with Crippen LogP contribution in [0.3, 0.4) is 0 Å². The van der Waals surface area contributed by atoms with E-state index in [4.69, 9.17) is 15.0 Å². The fourth-order valence-corrected chi connectivity index (χ4v) is 1.73. The van der Waals surface area contributed by atoms with Gasteiger partial charge in [0, 0.05) is 13.0 Å². The molecule has 0 spiro atoms. The molecule has 0 saturated carbocycles. The van der Waals surface area contributed by atoms with Crippen LogP contribution in [0.1, 0.15) is 12.7 Å². The molecule has 1 aromatic carbocycles. The van der Waals surface area contributed by atoms with Crippen LogP contribution in [-0.4, -0.2) is 18.4 Å². The molecule has 0 aliphatic rings. The second-order valence-corrected chi connectivity index (χ2v) is 3.68. The van der Waals surface area contributed by atoms with Crippen LogP contribution in [0.15, 0.2) is 34.9 Å². The number of anilines is 1. The third-order valence-electron chi connectivity index (χ3n) is 2.53. The Kier molecular flexibility index (Phi) is 3.77. The SMILES string of the molecule is CCOCCc1onc(N)c1-c1ccccc1. The van der Waals surface area contributed by atoms with Gasteiger partial charge in [-0.15, -0.1) is 0 Å². The molecule has 0 atom stereocenters. The van der Waals surface area contributed by atoms with E-state index < -0.39 is 0 Å². The van der Waals surface area contributed by atoms with E-state index in [1.54, 1.807) is 0 Å². The smallest absolute Gasteiger partial charge is 0.175 e. The van der Waals surface area contributed by atoms with Crippen molar-refractivity contribution < 1.29 is 9.26 Å². The van der Waals surface area contributed by atoms with Crippen molar-refractivity contribution in [2.75, 3.05) is 18.9 Å². The molecule has 0 aliphatic heterocycles. The van der Waals surface area contributed by atoms with Gasteiger partial charge in [0.2, 0.25) is 0 Å². The first-order valence-corrected chi connectivity index (χ1v) is 5.70. The van der Waals surface area contributed by atoms with Gasteiger partial charge in [-0.25, -0.2) is 0 Å². The van der Waals surface area contributed by atoms with Gasteiger partial charge >= 0.3 is 0 Å². The number of hydrogen-bond donors (Lipinski definition) is 1. The molecule has 2 rings (SSSR count). The van der Waals surface area contributed by atoms with Crippen LogP contribution in [0.5, 0.6) is 0 Å². The van der Waals surface area contributed by atoms with E-state index in [2.05, 4.69) is 5.16 Å². The fourth-order valence-electron chi connectivity index (χ4n) is 1.73. The maximum atomic E-state index is 5.83. The van der Waals surface area contributed by atoms with E-state index in [0.29, 0.717) is 25.5 Å². The Morgan fingerprint density at radius 1 is 1.29 bits per heavy atom. The van der Waals surface area contributed by atoms with E-state index >= 15 is 0 Å². The van der Waals surface area contributed by atoms with Crippen LogP contribution in [0.4, 0.5) is 5.82 Å². The second-order valence-electron chi connectivity index (χ2n) is 3.68. The van der Waals surface area contributed by atoms with E-state index in [9.17, 15) is 0 Å². The average Bonchev–Trinajstić information content (AvgIpc) is 2.72. The number of nitrogens with two attached hydrogens (primary N) is 1. The molecule has 0 saturated heterocycles. The summed E-state index contributed by atoms with van der Waals surface area (Å²) >= 11 is 0. The quantitative estimate of drug-likeness (QED) is 0.804. The third-order valence-corrected chi connectivity index (χ3v) is 2.53. The highest BCUT2D eigenvalue weighted by atomic mass is 16.5. The molecule has 90 valence electrons. The molecule has 0 unspecified atom stereocenters. The van der Waals surface area contributed by atoms with Crippen LogP contribution in [0, 0.1) is 0 Å². The lowest BCUT2D eigenvalue weighted by Crippen LogP contribution is -1.98. The van der Waals surface area contributed by atoms with Crippen molar-refractivity contribution in [1.82, 2.24) is 5.16 Å². The number of nitrogens with zero attached hydrogens (tertiary/aromatic N) is 1. The van der Waals surface area contributed by atoms with E-state index in [1.165, 1.54) is 0 Å². The van der Waals surface area contributed by atoms with Gasteiger partial charge in [0.1, 0.15) is 5.76 Å². The lowest BCUT2D eigenvalue weighted by Gasteiger charge is -2.02. The monoisotopic (exact) mass is 232 g/mol. The van der Waals surface area contributed by atoms with Crippen molar-refractivity contribution >= 4 is 5.82 Å². The average molecular weight is 232 g/mol. The summed E-state index contributed by atoms with van der Waals surface area (Å²) in [5.74, 6) is 1.21. The molecule has 0 bridgehead atoms. The first-order chi connectivity index (χ1) is 8.33. The van der Waals surface area contributed by atoms with Crippen molar-refractivity contribution in [3.05, 3.63) is 36.1 Å². The van der Waals surface area contributed by atoms with Crippen LogP contribution < -0.4 is 5.73 Å². The van der Waals surface area contributed by atoms with E-state index in [1.807, 2.05) is 37.3 Å². The van der Waals surface area contributed by atoms with Crippen LogP contribution in [0.25, 0.3) is 11.1 Å². The Bertz CT molecular complexity index is 466.